The Morgan fingerprint density at radius 3 is 1.67 bits per heavy atom. The molecule has 1 rings (SSSR count). The zero-order valence-electron chi connectivity index (χ0n) is 14.6. The summed E-state index contributed by atoms with van der Waals surface area (Å²) >= 11 is 0. The first-order valence-electron chi connectivity index (χ1n) is 7.48. The molecule has 0 radical (unpaired) electrons. The summed E-state index contributed by atoms with van der Waals surface area (Å²) in [6.07, 6.45) is -5.81. The van der Waals surface area contributed by atoms with Crippen LogP contribution in [0.15, 0.2) is 12.1 Å². The summed E-state index contributed by atoms with van der Waals surface area (Å²) in [6.45, 7) is 10.6. The molecule has 0 aliphatic carbocycles. The molecule has 0 spiro atoms. The zero-order valence-corrected chi connectivity index (χ0v) is 14.6. The van der Waals surface area contributed by atoms with Gasteiger partial charge in [0.2, 0.25) is 0 Å². The molecule has 0 unspecified atom stereocenters. The summed E-state index contributed by atoms with van der Waals surface area (Å²) in [5.41, 5.74) is 4.27. The Labute approximate surface area is 138 Å². The van der Waals surface area contributed by atoms with Gasteiger partial charge in [0, 0.05) is 5.56 Å². The first-order valence-corrected chi connectivity index (χ1v) is 7.48. The lowest BCUT2D eigenvalue weighted by molar-refractivity contribution is -0.291. The van der Waals surface area contributed by atoms with E-state index in [1.54, 1.807) is 47.6 Å². The quantitative estimate of drug-likeness (QED) is 0.719. The number of alkyl halides is 5. The molecule has 0 heterocycles. The van der Waals surface area contributed by atoms with Crippen LogP contribution < -0.4 is 5.73 Å². The molecule has 138 valence electrons. The summed E-state index contributed by atoms with van der Waals surface area (Å²) in [6, 6.07) is 0.0625. The fourth-order valence-corrected chi connectivity index (χ4v) is 2.27. The molecule has 0 saturated heterocycles. The van der Waals surface area contributed by atoms with Crippen LogP contribution in [0, 0.1) is 0 Å². The van der Waals surface area contributed by atoms with Gasteiger partial charge in [-0.2, -0.15) is 22.0 Å². The second-order valence-electron chi connectivity index (χ2n) is 8.06. The highest BCUT2D eigenvalue weighted by Gasteiger charge is 2.62. The van der Waals surface area contributed by atoms with Gasteiger partial charge in [0.1, 0.15) is 11.8 Å². The number of rotatable bonds is 2. The van der Waals surface area contributed by atoms with E-state index >= 15 is 0 Å². The number of benzene rings is 1. The summed E-state index contributed by atoms with van der Waals surface area (Å²) in [7, 11) is 0. The van der Waals surface area contributed by atoms with E-state index in [0.29, 0.717) is 5.56 Å². The van der Waals surface area contributed by atoms with Crippen molar-refractivity contribution in [2.24, 2.45) is 5.73 Å². The topological polar surface area (TPSA) is 46.2 Å². The highest BCUT2D eigenvalue weighted by molar-refractivity contribution is 5.50. The van der Waals surface area contributed by atoms with Gasteiger partial charge in [-0.3, -0.25) is 0 Å². The van der Waals surface area contributed by atoms with E-state index in [1.165, 1.54) is 0 Å². The van der Waals surface area contributed by atoms with Crippen molar-refractivity contribution < 1.29 is 27.1 Å². The number of halogens is 5. The van der Waals surface area contributed by atoms with Crippen molar-refractivity contribution >= 4 is 0 Å². The number of hydrogen-bond donors (Lipinski definition) is 2. The van der Waals surface area contributed by atoms with Gasteiger partial charge in [-0.25, -0.2) is 0 Å². The van der Waals surface area contributed by atoms with Gasteiger partial charge in [0.05, 0.1) is 0 Å². The van der Waals surface area contributed by atoms with Crippen LogP contribution in [-0.2, 0) is 10.8 Å². The van der Waals surface area contributed by atoms with Crippen molar-refractivity contribution in [3.63, 3.8) is 0 Å². The van der Waals surface area contributed by atoms with Crippen molar-refractivity contribution in [1.29, 1.82) is 0 Å². The third kappa shape index (κ3) is 3.82. The van der Waals surface area contributed by atoms with Gasteiger partial charge in [0.15, 0.2) is 0 Å². The molecule has 0 aliphatic heterocycles. The van der Waals surface area contributed by atoms with Gasteiger partial charge in [0.25, 0.3) is 0 Å². The van der Waals surface area contributed by atoms with Crippen LogP contribution in [0.25, 0.3) is 0 Å². The predicted molar refractivity (Wildman–Crippen MR) is 83.4 cm³/mol. The molecule has 7 heteroatoms. The molecule has 0 saturated carbocycles. The lowest BCUT2D eigenvalue weighted by Gasteiger charge is -2.31. The fraction of sp³-hybridized carbons (Fsp3) is 0.647. The third-order valence-electron chi connectivity index (χ3n) is 3.92. The highest BCUT2D eigenvalue weighted by Crippen LogP contribution is 2.47. The van der Waals surface area contributed by atoms with Gasteiger partial charge >= 0.3 is 12.1 Å². The summed E-state index contributed by atoms with van der Waals surface area (Å²) in [5.74, 6) is -5.78. The maximum Gasteiger partial charge on any atom is 0.455 e. The van der Waals surface area contributed by atoms with Crippen molar-refractivity contribution in [2.75, 3.05) is 0 Å². The second-order valence-corrected chi connectivity index (χ2v) is 8.06. The normalized spacial score (nSPS) is 15.5. The summed E-state index contributed by atoms with van der Waals surface area (Å²) in [4.78, 5) is 0. The minimum atomic E-state index is -5.81. The molecular formula is C17H24F5NO. The molecule has 1 atom stereocenters. The molecule has 2 nitrogen and oxygen atoms in total. The average molecular weight is 353 g/mol. The highest BCUT2D eigenvalue weighted by atomic mass is 19.4. The Balaban J connectivity index is 3.70. The molecule has 0 aliphatic rings. The van der Waals surface area contributed by atoms with Crippen LogP contribution in [0.3, 0.4) is 0 Å². The second kappa shape index (κ2) is 5.86. The van der Waals surface area contributed by atoms with Gasteiger partial charge in [-0.05, 0) is 28.0 Å². The van der Waals surface area contributed by atoms with Crippen molar-refractivity contribution in [3.05, 3.63) is 28.8 Å². The number of aromatic hydroxyl groups is 1. The molecule has 0 aromatic heterocycles. The Bertz CT molecular complexity index is 609. The lowest BCUT2D eigenvalue weighted by atomic mass is 9.77. The maximum atomic E-state index is 13.7. The van der Waals surface area contributed by atoms with Crippen molar-refractivity contribution in [3.8, 4) is 5.75 Å². The first-order chi connectivity index (χ1) is 10.4. The van der Waals surface area contributed by atoms with Gasteiger partial charge < -0.3 is 10.8 Å². The third-order valence-corrected chi connectivity index (χ3v) is 3.92. The fourth-order valence-electron chi connectivity index (χ4n) is 2.27. The van der Waals surface area contributed by atoms with Crippen LogP contribution in [0.2, 0.25) is 0 Å². The SMILES string of the molecule is CC(C)(C)c1cc([C@@H](N)C(F)(F)C(F)(F)F)c(O)c(C(C)(C)C)c1. The van der Waals surface area contributed by atoms with E-state index < -0.39 is 40.3 Å². The number of phenolic OH excluding ortho intramolecular Hbond substituents is 1. The largest absolute Gasteiger partial charge is 0.507 e. The Hall–Kier alpha value is -1.37. The number of hydrogen-bond acceptors (Lipinski definition) is 2. The standard InChI is InChI=1S/C17H24F5NO/c1-14(2,3)9-7-10(12(24)11(8-9)15(4,5)6)13(23)16(18,19)17(20,21)22/h7-8,13,24H,23H2,1-6H3/t13-/m1/s1. The van der Waals surface area contributed by atoms with E-state index in [-0.39, 0.29) is 5.56 Å². The minimum Gasteiger partial charge on any atom is -0.507 e. The van der Waals surface area contributed by atoms with E-state index in [2.05, 4.69) is 0 Å². The summed E-state index contributed by atoms with van der Waals surface area (Å²) in [5, 5.41) is 10.3. The maximum absolute atomic E-state index is 13.7. The zero-order chi connectivity index (χ0) is 19.3. The Morgan fingerprint density at radius 1 is 0.875 bits per heavy atom. The molecule has 1 aromatic carbocycles. The van der Waals surface area contributed by atoms with Crippen LogP contribution in [0.5, 0.6) is 5.75 Å². The number of phenols is 1. The molecule has 3 N–H and O–H groups in total. The minimum absolute atomic E-state index is 0.276. The summed E-state index contributed by atoms with van der Waals surface area (Å²) < 4.78 is 65.3. The lowest BCUT2D eigenvalue weighted by Crippen LogP contribution is -2.46. The van der Waals surface area contributed by atoms with Crippen LogP contribution in [0.4, 0.5) is 22.0 Å². The van der Waals surface area contributed by atoms with Gasteiger partial charge in [-0.15, -0.1) is 0 Å². The molecule has 0 fully saturated rings. The smallest absolute Gasteiger partial charge is 0.455 e. The molecule has 24 heavy (non-hydrogen) atoms. The predicted octanol–water partition coefficient (Wildman–Crippen LogP) is 5.18. The molecular weight excluding hydrogens is 329 g/mol. The van der Waals surface area contributed by atoms with E-state index in [4.69, 9.17) is 5.73 Å². The van der Waals surface area contributed by atoms with Crippen LogP contribution >= 0.6 is 0 Å². The molecule has 0 amide bonds. The van der Waals surface area contributed by atoms with Crippen LogP contribution in [-0.4, -0.2) is 17.2 Å². The average Bonchev–Trinajstić information content (AvgIpc) is 2.33. The Kier molecular flexibility index (Phi) is 5.05. The molecule has 1 aromatic rings. The van der Waals surface area contributed by atoms with E-state index in [9.17, 15) is 27.1 Å². The van der Waals surface area contributed by atoms with Gasteiger partial charge in [-0.1, -0.05) is 47.6 Å². The Morgan fingerprint density at radius 2 is 1.33 bits per heavy atom. The van der Waals surface area contributed by atoms with Crippen molar-refractivity contribution in [1.82, 2.24) is 0 Å². The molecule has 0 bridgehead atoms. The first kappa shape index (κ1) is 20.7. The van der Waals surface area contributed by atoms with Crippen LogP contribution in [0.1, 0.15) is 64.3 Å². The number of nitrogens with two attached hydrogens (primary N) is 1. The monoisotopic (exact) mass is 353 g/mol. The van der Waals surface area contributed by atoms with E-state index in [0.717, 1.165) is 6.07 Å². The van der Waals surface area contributed by atoms with Crippen molar-refractivity contribution in [2.45, 2.75) is 70.5 Å². The van der Waals surface area contributed by atoms with E-state index in [1.807, 2.05) is 0 Å².